The number of aromatic nitrogens is 1. The Hall–Kier alpha value is -4.25. The van der Waals surface area contributed by atoms with E-state index in [-0.39, 0.29) is 11.0 Å². The van der Waals surface area contributed by atoms with Crippen molar-refractivity contribution in [1.29, 1.82) is 0 Å². The van der Waals surface area contributed by atoms with Crippen molar-refractivity contribution in [3.63, 3.8) is 0 Å². The van der Waals surface area contributed by atoms with Gasteiger partial charge in [-0.1, -0.05) is 102 Å². The molecule has 220 valence electrons. The maximum Gasteiger partial charge on any atom is 0.328 e. The number of nitrogens with zero attached hydrogens (tertiary/aromatic N) is 2. The van der Waals surface area contributed by atoms with Gasteiger partial charge < -0.3 is 0 Å². The number of thiazole rings is 1. The Morgan fingerprint density at radius 3 is 2.14 bits per heavy atom. The average molecular weight is 635 g/mol. The lowest BCUT2D eigenvalue weighted by atomic mass is 9.88. The molecule has 2 amide bonds. The second kappa shape index (κ2) is 13.4. The number of hydrogen-bond acceptors (Lipinski definition) is 5. The molecule has 2 N–H and O–H groups in total. The van der Waals surface area contributed by atoms with Gasteiger partial charge in [-0.15, -0.1) is 0 Å². The molecule has 0 aliphatic carbocycles. The number of carbonyl (C=O) groups is 1. The van der Waals surface area contributed by atoms with Crippen LogP contribution < -0.4 is 14.9 Å². The summed E-state index contributed by atoms with van der Waals surface area (Å²) in [5.74, 6) is -0.446. The minimum atomic E-state index is -3.41. The van der Waals surface area contributed by atoms with Crippen LogP contribution in [-0.2, 0) is 10.0 Å². The highest BCUT2D eigenvalue weighted by Gasteiger charge is 2.23. The molecular weight excluding hydrogens is 607 g/mol. The molecule has 1 heterocycles. The normalized spacial score (nSPS) is 11.3. The number of carbonyl (C=O) groups excluding carboxylic acids is 1. The molecule has 0 unspecified atom stereocenters. The lowest BCUT2D eigenvalue weighted by Crippen LogP contribution is -2.36. The van der Waals surface area contributed by atoms with Crippen molar-refractivity contribution < 1.29 is 17.6 Å². The van der Waals surface area contributed by atoms with Crippen LogP contribution in [0.25, 0.3) is 11.3 Å². The quantitative estimate of drug-likeness (QED) is 0.162. The highest BCUT2D eigenvalue weighted by Crippen LogP contribution is 2.36. The van der Waals surface area contributed by atoms with Gasteiger partial charge in [-0.3, -0.25) is 14.9 Å². The molecular formula is C32H28ClFN4O3S2. The van der Waals surface area contributed by atoms with E-state index >= 15 is 0 Å². The van der Waals surface area contributed by atoms with Crippen LogP contribution >= 0.6 is 22.9 Å². The van der Waals surface area contributed by atoms with Crippen LogP contribution in [0, 0.1) is 5.82 Å². The molecule has 0 spiro atoms. The number of hydrogen-bond donors (Lipinski definition) is 2. The highest BCUT2D eigenvalue weighted by molar-refractivity contribution is 7.92. The van der Waals surface area contributed by atoms with Gasteiger partial charge in [0.25, 0.3) is 0 Å². The van der Waals surface area contributed by atoms with Gasteiger partial charge in [-0.25, -0.2) is 22.6 Å². The zero-order valence-electron chi connectivity index (χ0n) is 23.1. The van der Waals surface area contributed by atoms with E-state index < -0.39 is 21.9 Å². The standard InChI is InChI=1S/C32H28ClFN4O3S2/c1-43(40,41)37-26-17-15-24(16-18-26)29-30(33)42-31(35-29)36-32(39)38(27-14-8-13-25(34)21-27)20-19-28(22-9-4-2-5-10-22)23-11-6-3-7-12-23/h2-18,21,28,37H,19-20H2,1H3,(H,35,36,39). The molecule has 4 aromatic carbocycles. The van der Waals surface area contributed by atoms with E-state index in [0.29, 0.717) is 39.9 Å². The van der Waals surface area contributed by atoms with Crippen molar-refractivity contribution in [1.82, 2.24) is 4.98 Å². The fourth-order valence-corrected chi connectivity index (χ4v) is 6.39. The lowest BCUT2D eigenvalue weighted by Gasteiger charge is -2.26. The number of rotatable bonds is 10. The summed E-state index contributed by atoms with van der Waals surface area (Å²) in [5, 5.41) is 3.10. The fourth-order valence-electron chi connectivity index (χ4n) is 4.75. The van der Waals surface area contributed by atoms with E-state index in [4.69, 9.17) is 11.6 Å². The van der Waals surface area contributed by atoms with E-state index in [9.17, 15) is 17.6 Å². The third-order valence-corrected chi connectivity index (χ3v) is 8.45. The van der Waals surface area contributed by atoms with Crippen molar-refractivity contribution >= 4 is 55.5 Å². The van der Waals surface area contributed by atoms with Crippen LogP contribution in [0.5, 0.6) is 0 Å². The number of sulfonamides is 1. The van der Waals surface area contributed by atoms with Crippen LogP contribution in [0.4, 0.5) is 25.7 Å². The van der Waals surface area contributed by atoms with E-state index in [1.807, 2.05) is 36.4 Å². The smallest absolute Gasteiger partial charge is 0.294 e. The number of halogens is 2. The zero-order valence-corrected chi connectivity index (χ0v) is 25.5. The summed E-state index contributed by atoms with van der Waals surface area (Å²) in [5.41, 5.74) is 4.13. The minimum absolute atomic E-state index is 0.00678. The van der Waals surface area contributed by atoms with Crippen LogP contribution in [-0.4, -0.2) is 32.2 Å². The molecule has 0 atom stereocenters. The maximum absolute atomic E-state index is 14.3. The summed E-state index contributed by atoms with van der Waals surface area (Å²) in [6.07, 6.45) is 1.65. The lowest BCUT2D eigenvalue weighted by molar-refractivity contribution is 0.256. The summed E-state index contributed by atoms with van der Waals surface area (Å²) in [7, 11) is -3.41. The number of amides is 2. The van der Waals surface area contributed by atoms with Gasteiger partial charge >= 0.3 is 6.03 Å². The van der Waals surface area contributed by atoms with Gasteiger partial charge in [0.05, 0.1) is 6.26 Å². The van der Waals surface area contributed by atoms with Gasteiger partial charge in [-0.05, 0) is 47.9 Å². The maximum atomic E-state index is 14.3. The first-order valence-electron chi connectivity index (χ1n) is 13.3. The first-order valence-corrected chi connectivity index (χ1v) is 16.4. The van der Waals surface area contributed by atoms with Crippen LogP contribution in [0.15, 0.2) is 109 Å². The predicted molar refractivity (Wildman–Crippen MR) is 173 cm³/mol. The van der Waals surface area contributed by atoms with Gasteiger partial charge in [0.1, 0.15) is 15.8 Å². The van der Waals surface area contributed by atoms with Gasteiger partial charge in [0.2, 0.25) is 10.0 Å². The van der Waals surface area contributed by atoms with Crippen LogP contribution in [0.3, 0.4) is 0 Å². The highest BCUT2D eigenvalue weighted by atomic mass is 35.5. The summed E-state index contributed by atoms with van der Waals surface area (Å²) >= 11 is 7.59. The van der Waals surface area contributed by atoms with Gasteiger partial charge in [0.15, 0.2) is 5.13 Å². The second-order valence-electron chi connectivity index (χ2n) is 9.82. The summed E-state index contributed by atoms with van der Waals surface area (Å²) in [6, 6.07) is 32.1. The number of nitrogens with one attached hydrogen (secondary N) is 2. The molecule has 0 bridgehead atoms. The molecule has 0 aliphatic rings. The van der Waals surface area contributed by atoms with E-state index in [1.165, 1.54) is 17.0 Å². The van der Waals surface area contributed by atoms with Gasteiger partial charge in [-0.2, -0.15) is 0 Å². The van der Waals surface area contributed by atoms with Crippen molar-refractivity contribution in [2.75, 3.05) is 27.7 Å². The van der Waals surface area contributed by atoms with Crippen molar-refractivity contribution in [2.45, 2.75) is 12.3 Å². The Bertz CT molecular complexity index is 1760. The molecule has 0 saturated carbocycles. The predicted octanol–water partition coefficient (Wildman–Crippen LogP) is 8.23. The summed E-state index contributed by atoms with van der Waals surface area (Å²) < 4.78 is 40.1. The first kappa shape index (κ1) is 30.2. The number of anilines is 3. The van der Waals surface area contributed by atoms with Crippen LogP contribution in [0.2, 0.25) is 4.34 Å². The molecule has 0 fully saturated rings. The summed E-state index contributed by atoms with van der Waals surface area (Å²) in [4.78, 5) is 19.7. The molecule has 7 nitrogen and oxygen atoms in total. The Morgan fingerprint density at radius 1 is 0.930 bits per heavy atom. The average Bonchev–Trinajstić information content (AvgIpc) is 3.35. The molecule has 0 saturated heterocycles. The van der Waals surface area contributed by atoms with Gasteiger partial charge in [0, 0.05) is 29.4 Å². The SMILES string of the molecule is CS(=O)(=O)Nc1ccc(-c2nc(NC(=O)N(CCC(c3ccccc3)c3ccccc3)c3cccc(F)c3)sc2Cl)cc1. The topological polar surface area (TPSA) is 91.4 Å². The third kappa shape index (κ3) is 7.98. The van der Waals surface area contributed by atoms with E-state index in [1.54, 1.807) is 36.4 Å². The summed E-state index contributed by atoms with van der Waals surface area (Å²) in [6.45, 7) is 0.296. The number of urea groups is 1. The minimum Gasteiger partial charge on any atom is -0.294 e. The molecule has 11 heteroatoms. The molecule has 1 aromatic heterocycles. The van der Waals surface area contributed by atoms with Crippen molar-refractivity contribution in [2.24, 2.45) is 0 Å². The molecule has 5 rings (SSSR count). The Kier molecular flexibility index (Phi) is 9.40. The largest absolute Gasteiger partial charge is 0.328 e. The monoisotopic (exact) mass is 634 g/mol. The van der Waals surface area contributed by atoms with E-state index in [2.05, 4.69) is 39.3 Å². The van der Waals surface area contributed by atoms with E-state index in [0.717, 1.165) is 28.7 Å². The first-order chi connectivity index (χ1) is 20.7. The second-order valence-corrected chi connectivity index (χ2v) is 13.2. The van der Waals surface area contributed by atoms with Crippen molar-refractivity contribution in [3.8, 4) is 11.3 Å². The Morgan fingerprint density at radius 2 is 1.56 bits per heavy atom. The molecule has 0 aliphatic heterocycles. The third-order valence-electron chi connectivity index (χ3n) is 6.67. The molecule has 0 radical (unpaired) electrons. The molecule has 43 heavy (non-hydrogen) atoms. The molecule has 5 aromatic rings. The number of benzene rings is 4. The Balaban J connectivity index is 1.38. The fraction of sp³-hybridized carbons (Fsp3) is 0.125. The Labute approximate surface area is 259 Å². The van der Waals surface area contributed by atoms with Crippen molar-refractivity contribution in [3.05, 3.63) is 130 Å². The van der Waals surface area contributed by atoms with Crippen LogP contribution in [0.1, 0.15) is 23.5 Å². The zero-order chi connectivity index (χ0) is 30.4.